The number of nitrogen functional groups attached to an aromatic ring is 1. The summed E-state index contributed by atoms with van der Waals surface area (Å²) in [6, 6.07) is 4.00. The quantitative estimate of drug-likeness (QED) is 0.575. The summed E-state index contributed by atoms with van der Waals surface area (Å²) < 4.78 is 30.8. The number of ether oxygens (including phenoxy) is 1. The smallest absolute Gasteiger partial charge is 0.246 e. The number of phenols is 1. The number of aromatic hydroxyl groups is 1. The minimum absolute atomic E-state index is 0.153. The molecule has 3 N–H and O–H groups in total. The van der Waals surface area contributed by atoms with Gasteiger partial charge in [-0.15, -0.1) is 0 Å². The molecule has 1 heterocycles. The molecule has 0 aliphatic carbocycles. The number of benzene rings is 1. The van der Waals surface area contributed by atoms with Gasteiger partial charge in [-0.05, 0) is 18.2 Å². The van der Waals surface area contributed by atoms with E-state index in [0.29, 0.717) is 18.9 Å². The maximum absolute atomic E-state index is 12.2. The van der Waals surface area contributed by atoms with Crippen molar-refractivity contribution in [2.24, 2.45) is 0 Å². The SMILES string of the molecule is Nc1ccc(O)c(S(=O)(=O)N2CCOCC2)c1. The first-order valence-electron chi connectivity index (χ1n) is 5.18. The van der Waals surface area contributed by atoms with Crippen molar-refractivity contribution in [2.45, 2.75) is 4.90 Å². The molecule has 94 valence electrons. The Labute approximate surface area is 99.7 Å². The molecular weight excluding hydrogens is 244 g/mol. The topological polar surface area (TPSA) is 92.9 Å². The number of sulfonamides is 1. The summed E-state index contributed by atoms with van der Waals surface area (Å²) in [6.07, 6.45) is 0. The van der Waals surface area contributed by atoms with Crippen LogP contribution in [0, 0.1) is 0 Å². The van der Waals surface area contributed by atoms with Crippen LogP contribution < -0.4 is 5.73 Å². The number of rotatable bonds is 2. The molecular formula is C10H14N2O4S. The first-order valence-corrected chi connectivity index (χ1v) is 6.62. The minimum atomic E-state index is -3.69. The first kappa shape index (κ1) is 12.2. The zero-order valence-electron chi connectivity index (χ0n) is 9.17. The summed E-state index contributed by atoms with van der Waals surface area (Å²) in [7, 11) is -3.69. The zero-order chi connectivity index (χ0) is 12.5. The molecule has 0 bridgehead atoms. The summed E-state index contributed by atoms with van der Waals surface area (Å²) in [5.41, 5.74) is 5.84. The van der Waals surface area contributed by atoms with Crippen molar-refractivity contribution in [3.05, 3.63) is 18.2 Å². The lowest BCUT2D eigenvalue weighted by Crippen LogP contribution is -2.40. The second-order valence-corrected chi connectivity index (χ2v) is 5.65. The molecule has 6 nitrogen and oxygen atoms in total. The van der Waals surface area contributed by atoms with Crippen LogP contribution >= 0.6 is 0 Å². The number of nitrogens with zero attached hydrogens (tertiary/aromatic N) is 1. The predicted octanol–water partition coefficient (Wildman–Crippen LogP) is -0.00470. The number of anilines is 1. The van der Waals surface area contributed by atoms with Crippen LogP contribution in [0.4, 0.5) is 5.69 Å². The van der Waals surface area contributed by atoms with Crippen molar-refractivity contribution in [3.8, 4) is 5.75 Å². The first-order chi connectivity index (χ1) is 8.01. The van der Waals surface area contributed by atoms with Gasteiger partial charge in [-0.3, -0.25) is 0 Å². The summed E-state index contributed by atoms with van der Waals surface area (Å²) in [6.45, 7) is 1.30. The maximum atomic E-state index is 12.2. The van der Waals surface area contributed by atoms with Crippen molar-refractivity contribution in [2.75, 3.05) is 32.0 Å². The summed E-state index contributed by atoms with van der Waals surface area (Å²) >= 11 is 0. The van der Waals surface area contributed by atoms with Gasteiger partial charge in [0.1, 0.15) is 10.6 Å². The molecule has 0 saturated carbocycles. The van der Waals surface area contributed by atoms with E-state index in [9.17, 15) is 13.5 Å². The van der Waals surface area contributed by atoms with E-state index in [0.717, 1.165) is 0 Å². The average Bonchev–Trinajstić information content (AvgIpc) is 2.33. The van der Waals surface area contributed by atoms with E-state index < -0.39 is 10.0 Å². The van der Waals surface area contributed by atoms with Gasteiger partial charge in [-0.1, -0.05) is 0 Å². The van der Waals surface area contributed by atoms with E-state index in [-0.39, 0.29) is 23.7 Å². The minimum Gasteiger partial charge on any atom is -0.507 e. The molecule has 0 radical (unpaired) electrons. The van der Waals surface area contributed by atoms with Crippen LogP contribution in [0.2, 0.25) is 0 Å². The van der Waals surface area contributed by atoms with E-state index in [1.807, 2.05) is 0 Å². The van der Waals surface area contributed by atoms with E-state index in [1.54, 1.807) is 0 Å². The van der Waals surface area contributed by atoms with Crippen molar-refractivity contribution < 1.29 is 18.3 Å². The van der Waals surface area contributed by atoms with Crippen molar-refractivity contribution in [1.82, 2.24) is 4.31 Å². The third-order valence-corrected chi connectivity index (χ3v) is 4.50. The van der Waals surface area contributed by atoms with Crippen molar-refractivity contribution in [3.63, 3.8) is 0 Å². The lowest BCUT2D eigenvalue weighted by atomic mass is 10.3. The van der Waals surface area contributed by atoms with E-state index in [1.165, 1.54) is 22.5 Å². The van der Waals surface area contributed by atoms with Gasteiger partial charge in [0.25, 0.3) is 0 Å². The number of morpholine rings is 1. The molecule has 0 aromatic heterocycles. The highest BCUT2D eigenvalue weighted by atomic mass is 32.2. The summed E-state index contributed by atoms with van der Waals surface area (Å²) in [5.74, 6) is -0.286. The maximum Gasteiger partial charge on any atom is 0.246 e. The second kappa shape index (κ2) is 4.52. The van der Waals surface area contributed by atoms with Crippen LogP contribution in [0.5, 0.6) is 5.75 Å². The van der Waals surface area contributed by atoms with Crippen LogP contribution in [0.3, 0.4) is 0 Å². The Bertz CT molecular complexity index is 509. The molecule has 1 aliphatic heterocycles. The molecule has 0 unspecified atom stereocenters. The Kier molecular flexibility index (Phi) is 3.23. The fourth-order valence-electron chi connectivity index (χ4n) is 1.66. The fourth-order valence-corrected chi connectivity index (χ4v) is 3.19. The van der Waals surface area contributed by atoms with Crippen molar-refractivity contribution >= 4 is 15.7 Å². The zero-order valence-corrected chi connectivity index (χ0v) is 9.98. The highest BCUT2D eigenvalue weighted by Crippen LogP contribution is 2.28. The third-order valence-electron chi connectivity index (χ3n) is 2.57. The van der Waals surface area contributed by atoms with Crippen LogP contribution in [0.1, 0.15) is 0 Å². The molecule has 0 amide bonds. The summed E-state index contributed by atoms with van der Waals surface area (Å²) in [5, 5.41) is 9.61. The second-order valence-electron chi connectivity index (χ2n) is 3.74. The Morgan fingerprint density at radius 1 is 1.29 bits per heavy atom. The molecule has 1 aromatic rings. The largest absolute Gasteiger partial charge is 0.507 e. The van der Waals surface area contributed by atoms with Crippen LogP contribution in [0.25, 0.3) is 0 Å². The molecule has 1 aromatic carbocycles. The van der Waals surface area contributed by atoms with Gasteiger partial charge in [0.2, 0.25) is 10.0 Å². The molecule has 2 rings (SSSR count). The normalized spacial score (nSPS) is 18.1. The number of hydrogen-bond acceptors (Lipinski definition) is 5. The predicted molar refractivity (Wildman–Crippen MR) is 62.1 cm³/mol. The molecule has 1 fully saturated rings. The van der Waals surface area contributed by atoms with Crippen LogP contribution in [0.15, 0.2) is 23.1 Å². The molecule has 0 spiro atoms. The Morgan fingerprint density at radius 2 is 1.94 bits per heavy atom. The average molecular weight is 258 g/mol. The number of phenolic OH excluding ortho intramolecular Hbond substituents is 1. The highest BCUT2D eigenvalue weighted by Gasteiger charge is 2.28. The van der Waals surface area contributed by atoms with Gasteiger partial charge in [0.05, 0.1) is 13.2 Å². The van der Waals surface area contributed by atoms with Gasteiger partial charge >= 0.3 is 0 Å². The Balaban J connectivity index is 2.40. The van der Waals surface area contributed by atoms with Gasteiger partial charge in [0.15, 0.2) is 0 Å². The fraction of sp³-hybridized carbons (Fsp3) is 0.400. The van der Waals surface area contributed by atoms with E-state index >= 15 is 0 Å². The van der Waals surface area contributed by atoms with E-state index in [2.05, 4.69) is 0 Å². The molecule has 0 atom stereocenters. The van der Waals surface area contributed by atoms with Gasteiger partial charge in [-0.2, -0.15) is 4.31 Å². The lowest BCUT2D eigenvalue weighted by molar-refractivity contribution is 0.0729. The van der Waals surface area contributed by atoms with Crippen molar-refractivity contribution in [1.29, 1.82) is 0 Å². The lowest BCUT2D eigenvalue weighted by Gasteiger charge is -2.26. The number of nitrogens with two attached hydrogens (primary N) is 1. The third kappa shape index (κ3) is 2.36. The Morgan fingerprint density at radius 3 is 2.59 bits per heavy atom. The van der Waals surface area contributed by atoms with Crippen LogP contribution in [-0.4, -0.2) is 44.1 Å². The van der Waals surface area contributed by atoms with Gasteiger partial charge in [-0.25, -0.2) is 8.42 Å². The van der Waals surface area contributed by atoms with E-state index in [4.69, 9.17) is 10.5 Å². The molecule has 7 heteroatoms. The number of hydrogen-bond donors (Lipinski definition) is 2. The Hall–Kier alpha value is -1.31. The standard InChI is InChI=1S/C10H14N2O4S/c11-8-1-2-9(13)10(7-8)17(14,15)12-3-5-16-6-4-12/h1-2,7,13H,3-6,11H2. The molecule has 1 aliphatic rings. The van der Waals surface area contributed by atoms with Crippen LogP contribution in [-0.2, 0) is 14.8 Å². The highest BCUT2D eigenvalue weighted by molar-refractivity contribution is 7.89. The van der Waals surface area contributed by atoms with Gasteiger partial charge < -0.3 is 15.6 Å². The molecule has 1 saturated heterocycles. The van der Waals surface area contributed by atoms with Gasteiger partial charge in [0, 0.05) is 18.8 Å². The summed E-state index contributed by atoms with van der Waals surface area (Å²) in [4.78, 5) is -0.153. The molecule has 17 heavy (non-hydrogen) atoms. The monoisotopic (exact) mass is 258 g/mol.